The number of hydrogen-bond donors (Lipinski definition) is 1. The smallest absolute Gasteiger partial charge is 0.323 e. The molecule has 0 aromatic heterocycles. The van der Waals surface area contributed by atoms with E-state index in [4.69, 9.17) is 9.47 Å². The second-order valence-corrected chi connectivity index (χ2v) is 4.25. The second-order valence-electron chi connectivity index (χ2n) is 4.25. The van der Waals surface area contributed by atoms with Gasteiger partial charge in [0.15, 0.2) is 0 Å². The van der Waals surface area contributed by atoms with Crippen molar-refractivity contribution in [3.8, 4) is 5.75 Å². The lowest BCUT2D eigenvalue weighted by Crippen LogP contribution is -2.39. The first-order valence-corrected chi connectivity index (χ1v) is 6.85. The van der Waals surface area contributed by atoms with Crippen LogP contribution in [0.4, 0.5) is 5.69 Å². The topological polar surface area (TPSA) is 90.7 Å². The van der Waals surface area contributed by atoms with Crippen LogP contribution in [0.2, 0.25) is 0 Å². The number of esters is 1. The first kappa shape index (κ1) is 16.9. The number of nitro groups is 1. The molecule has 7 heteroatoms. The lowest BCUT2D eigenvalue weighted by atomic mass is 10.2. The summed E-state index contributed by atoms with van der Waals surface area (Å²) in [4.78, 5) is 21.9. The molecule has 0 radical (unpaired) electrons. The third-order valence-electron chi connectivity index (χ3n) is 2.73. The van der Waals surface area contributed by atoms with Crippen LogP contribution in [0.5, 0.6) is 5.75 Å². The van der Waals surface area contributed by atoms with Crippen molar-refractivity contribution in [1.29, 1.82) is 0 Å². The zero-order chi connectivity index (χ0) is 15.7. The van der Waals surface area contributed by atoms with Crippen LogP contribution in [-0.4, -0.2) is 36.7 Å². The summed E-state index contributed by atoms with van der Waals surface area (Å²) in [5.74, 6) is 0.0882. The molecule has 0 saturated carbocycles. The first-order valence-electron chi connectivity index (χ1n) is 6.85. The highest BCUT2D eigenvalue weighted by molar-refractivity contribution is 5.75. The lowest BCUT2D eigenvalue weighted by molar-refractivity contribution is -0.384. The molecule has 1 aromatic carbocycles. The molecular weight excluding hydrogens is 276 g/mol. The maximum absolute atomic E-state index is 11.7. The predicted octanol–water partition coefficient (Wildman–Crippen LogP) is 1.90. The van der Waals surface area contributed by atoms with Crippen LogP contribution in [-0.2, 0) is 9.53 Å². The van der Waals surface area contributed by atoms with Gasteiger partial charge in [-0.25, -0.2) is 0 Å². The fraction of sp³-hybridized carbons (Fsp3) is 0.500. The highest BCUT2D eigenvalue weighted by Crippen LogP contribution is 2.19. The Labute approximate surface area is 123 Å². The molecule has 0 heterocycles. The molecule has 1 unspecified atom stereocenters. The monoisotopic (exact) mass is 296 g/mol. The molecular formula is C14H20N2O5. The van der Waals surface area contributed by atoms with E-state index in [2.05, 4.69) is 5.32 Å². The van der Waals surface area contributed by atoms with Crippen molar-refractivity contribution in [2.45, 2.75) is 26.3 Å². The van der Waals surface area contributed by atoms with Gasteiger partial charge in [0, 0.05) is 12.5 Å². The van der Waals surface area contributed by atoms with Gasteiger partial charge in [-0.05, 0) is 19.5 Å². The number of carbonyl (C=O) groups excluding carboxylic acids is 1. The van der Waals surface area contributed by atoms with E-state index in [9.17, 15) is 14.9 Å². The van der Waals surface area contributed by atoms with Crippen molar-refractivity contribution in [3.63, 3.8) is 0 Å². The Bertz CT molecular complexity index is 478. The summed E-state index contributed by atoms with van der Waals surface area (Å²) >= 11 is 0. The zero-order valence-electron chi connectivity index (χ0n) is 12.2. The average Bonchev–Trinajstić information content (AvgIpc) is 2.47. The van der Waals surface area contributed by atoms with E-state index in [1.165, 1.54) is 12.1 Å². The highest BCUT2D eigenvalue weighted by Gasteiger charge is 2.18. The second kappa shape index (κ2) is 8.91. The predicted molar refractivity (Wildman–Crippen MR) is 77.3 cm³/mol. The standard InChI is InChI=1S/C14H20N2O5/c1-3-15-13(14(17)20-4-2)8-9-21-12-7-5-6-11(10-12)16(18)19/h5-7,10,13,15H,3-4,8-9H2,1-2H3. The number of likely N-dealkylation sites (N-methyl/N-ethyl adjacent to an activating group) is 1. The summed E-state index contributed by atoms with van der Waals surface area (Å²) in [5, 5.41) is 13.7. The molecule has 0 aliphatic rings. The zero-order valence-corrected chi connectivity index (χ0v) is 12.2. The van der Waals surface area contributed by atoms with E-state index in [0.29, 0.717) is 25.3 Å². The molecule has 0 bridgehead atoms. The molecule has 0 aliphatic carbocycles. The molecule has 0 saturated heterocycles. The van der Waals surface area contributed by atoms with Gasteiger partial charge in [0.05, 0.1) is 24.2 Å². The quantitative estimate of drug-likeness (QED) is 0.425. The van der Waals surface area contributed by atoms with Crippen molar-refractivity contribution in [2.24, 2.45) is 0 Å². The van der Waals surface area contributed by atoms with Gasteiger partial charge in [-0.2, -0.15) is 0 Å². The Morgan fingerprint density at radius 2 is 2.19 bits per heavy atom. The van der Waals surface area contributed by atoms with E-state index in [-0.39, 0.29) is 18.3 Å². The third-order valence-corrected chi connectivity index (χ3v) is 2.73. The van der Waals surface area contributed by atoms with Gasteiger partial charge in [-0.15, -0.1) is 0 Å². The van der Waals surface area contributed by atoms with Crippen molar-refractivity contribution < 1.29 is 19.2 Å². The van der Waals surface area contributed by atoms with Crippen LogP contribution in [0, 0.1) is 10.1 Å². The number of non-ortho nitro benzene ring substituents is 1. The maximum Gasteiger partial charge on any atom is 0.323 e. The average molecular weight is 296 g/mol. The van der Waals surface area contributed by atoms with Gasteiger partial charge >= 0.3 is 5.97 Å². The van der Waals surface area contributed by atoms with Crippen LogP contribution in [0.1, 0.15) is 20.3 Å². The summed E-state index contributed by atoms with van der Waals surface area (Å²) in [6, 6.07) is 5.51. The van der Waals surface area contributed by atoms with Crippen LogP contribution >= 0.6 is 0 Å². The van der Waals surface area contributed by atoms with Crippen molar-refractivity contribution in [1.82, 2.24) is 5.32 Å². The highest BCUT2D eigenvalue weighted by atomic mass is 16.6. The van der Waals surface area contributed by atoms with E-state index >= 15 is 0 Å². The van der Waals surface area contributed by atoms with Gasteiger partial charge < -0.3 is 14.8 Å². The van der Waals surface area contributed by atoms with Gasteiger partial charge in [-0.3, -0.25) is 14.9 Å². The molecule has 116 valence electrons. The van der Waals surface area contributed by atoms with Crippen molar-refractivity contribution in [2.75, 3.05) is 19.8 Å². The first-order chi connectivity index (χ1) is 10.1. The van der Waals surface area contributed by atoms with Gasteiger partial charge in [0.25, 0.3) is 5.69 Å². The van der Waals surface area contributed by atoms with Crippen molar-refractivity contribution >= 4 is 11.7 Å². The van der Waals surface area contributed by atoms with Gasteiger partial charge in [0.2, 0.25) is 0 Å². The molecule has 0 aliphatic heterocycles. The minimum atomic E-state index is -0.479. The van der Waals surface area contributed by atoms with Gasteiger partial charge in [-0.1, -0.05) is 13.0 Å². The number of nitrogens with zero attached hydrogens (tertiary/aromatic N) is 1. The van der Waals surface area contributed by atoms with E-state index < -0.39 is 11.0 Å². The summed E-state index contributed by atoms with van der Waals surface area (Å²) in [7, 11) is 0. The number of benzene rings is 1. The number of carbonyl (C=O) groups is 1. The van der Waals surface area contributed by atoms with E-state index in [1.54, 1.807) is 19.1 Å². The number of rotatable bonds is 9. The molecule has 1 aromatic rings. The Hall–Kier alpha value is -2.15. The Kier molecular flexibility index (Phi) is 7.17. The minimum absolute atomic E-state index is 0.0267. The summed E-state index contributed by atoms with van der Waals surface area (Å²) in [6.07, 6.45) is 0.426. The van der Waals surface area contributed by atoms with Crippen LogP contribution < -0.4 is 10.1 Å². The molecule has 1 rings (SSSR count). The SMILES string of the molecule is CCNC(CCOc1cccc([N+](=O)[O-])c1)C(=O)OCC. The summed E-state index contributed by atoms with van der Waals surface area (Å²) in [5.41, 5.74) is -0.0267. The third kappa shape index (κ3) is 5.78. The molecule has 1 atom stereocenters. The van der Waals surface area contributed by atoms with E-state index in [1.807, 2.05) is 6.92 Å². The van der Waals surface area contributed by atoms with Crippen LogP contribution in [0.25, 0.3) is 0 Å². The van der Waals surface area contributed by atoms with Gasteiger partial charge in [0.1, 0.15) is 11.8 Å². The molecule has 1 N–H and O–H groups in total. The lowest BCUT2D eigenvalue weighted by Gasteiger charge is -2.16. The van der Waals surface area contributed by atoms with Crippen LogP contribution in [0.3, 0.4) is 0 Å². The molecule has 0 spiro atoms. The number of nitrogens with one attached hydrogen (secondary N) is 1. The van der Waals surface area contributed by atoms with Crippen molar-refractivity contribution in [3.05, 3.63) is 34.4 Å². The Morgan fingerprint density at radius 1 is 1.43 bits per heavy atom. The molecule has 0 fully saturated rings. The number of ether oxygens (including phenoxy) is 2. The number of nitro benzene ring substituents is 1. The van der Waals surface area contributed by atoms with E-state index in [0.717, 1.165) is 0 Å². The van der Waals surface area contributed by atoms with Crippen LogP contribution in [0.15, 0.2) is 24.3 Å². The largest absolute Gasteiger partial charge is 0.493 e. The Morgan fingerprint density at radius 3 is 2.81 bits per heavy atom. The molecule has 7 nitrogen and oxygen atoms in total. The fourth-order valence-electron chi connectivity index (χ4n) is 1.77. The minimum Gasteiger partial charge on any atom is -0.493 e. The summed E-state index contributed by atoms with van der Waals surface area (Å²) < 4.78 is 10.4. The Balaban J connectivity index is 2.51. The molecule has 0 amide bonds. The fourth-order valence-corrected chi connectivity index (χ4v) is 1.77. The molecule has 21 heavy (non-hydrogen) atoms. The number of hydrogen-bond acceptors (Lipinski definition) is 6. The normalized spacial score (nSPS) is 11.7. The maximum atomic E-state index is 11.7. The summed E-state index contributed by atoms with van der Waals surface area (Å²) in [6.45, 7) is 4.87.